The summed E-state index contributed by atoms with van der Waals surface area (Å²) in [6.45, 7) is 6.24. The number of carbonyl (C=O) groups is 3. The van der Waals surface area contributed by atoms with Crippen molar-refractivity contribution >= 4 is 17.9 Å². The lowest BCUT2D eigenvalue weighted by atomic mass is 10.1. The standard InChI is InChI=1S/C55H86O6/c1-4-7-10-13-16-19-22-25-27-30-33-36-39-42-45-48-54(57)60-51-52(50-59-53(56)47-44-41-38-35-32-29-24-21-18-15-12-9-6-3)61-55(58)49-46-43-40-37-34-31-28-26-23-20-17-14-11-8-5-2/h7,9-10,12-13,15-16,18-25,27,29-30,32-33,52H,4-6,8,11,14,17,26,28,31,34-51H2,1-3H3/b10-7-,12-9-,16-13-,18-15-,22-19-,23-20-,24-21-,27-25-,32-29-,33-30-. The average Bonchev–Trinajstić information content (AvgIpc) is 3.26. The number of hydrogen-bond donors (Lipinski definition) is 0. The van der Waals surface area contributed by atoms with Gasteiger partial charge in [0, 0.05) is 19.3 Å². The van der Waals surface area contributed by atoms with E-state index in [9.17, 15) is 14.4 Å². The van der Waals surface area contributed by atoms with Gasteiger partial charge in [0.15, 0.2) is 6.10 Å². The number of hydrogen-bond acceptors (Lipinski definition) is 6. The highest BCUT2D eigenvalue weighted by molar-refractivity contribution is 5.71. The molecule has 0 saturated heterocycles. The fourth-order valence-corrected chi connectivity index (χ4v) is 6.05. The maximum atomic E-state index is 12.8. The van der Waals surface area contributed by atoms with Gasteiger partial charge in [-0.3, -0.25) is 14.4 Å². The summed E-state index contributed by atoms with van der Waals surface area (Å²) in [5.74, 6) is -1.01. The largest absolute Gasteiger partial charge is 0.462 e. The Balaban J connectivity index is 4.56. The minimum atomic E-state index is -0.816. The maximum Gasteiger partial charge on any atom is 0.306 e. The Kier molecular flexibility index (Phi) is 45.1. The van der Waals surface area contributed by atoms with Crippen LogP contribution in [0, 0.1) is 0 Å². The molecule has 0 aliphatic rings. The van der Waals surface area contributed by atoms with Gasteiger partial charge < -0.3 is 14.2 Å². The van der Waals surface area contributed by atoms with E-state index in [1.54, 1.807) is 0 Å². The quantitative estimate of drug-likeness (QED) is 0.0201. The first-order valence-electron chi connectivity index (χ1n) is 24.2. The molecular formula is C55H86O6. The first-order valence-corrected chi connectivity index (χ1v) is 24.2. The Hall–Kier alpha value is -4.19. The van der Waals surface area contributed by atoms with Gasteiger partial charge >= 0.3 is 17.9 Å². The summed E-state index contributed by atoms with van der Waals surface area (Å²) in [5.41, 5.74) is 0. The first kappa shape index (κ1) is 56.8. The molecular weight excluding hydrogens is 757 g/mol. The number of allylic oxidation sites excluding steroid dienone is 20. The lowest BCUT2D eigenvalue weighted by Crippen LogP contribution is -2.30. The first-order chi connectivity index (χ1) is 30.0. The summed E-state index contributed by atoms with van der Waals surface area (Å²) in [6, 6.07) is 0. The number of rotatable bonds is 41. The number of unbranched alkanes of at least 4 members (excludes halogenated alkanes) is 17. The van der Waals surface area contributed by atoms with E-state index in [0.717, 1.165) is 83.5 Å². The molecule has 0 heterocycles. The molecule has 0 fully saturated rings. The predicted octanol–water partition coefficient (Wildman–Crippen LogP) is 15.7. The highest BCUT2D eigenvalue weighted by atomic mass is 16.6. The topological polar surface area (TPSA) is 78.9 Å². The van der Waals surface area contributed by atoms with Crippen LogP contribution in [0.25, 0.3) is 0 Å². The van der Waals surface area contributed by atoms with E-state index in [1.165, 1.54) is 64.2 Å². The smallest absolute Gasteiger partial charge is 0.306 e. The summed E-state index contributed by atoms with van der Waals surface area (Å²) >= 11 is 0. The van der Waals surface area contributed by atoms with Gasteiger partial charge in [-0.15, -0.1) is 0 Å². The van der Waals surface area contributed by atoms with Crippen molar-refractivity contribution in [2.24, 2.45) is 0 Å². The van der Waals surface area contributed by atoms with E-state index < -0.39 is 6.10 Å². The monoisotopic (exact) mass is 843 g/mol. The zero-order valence-corrected chi connectivity index (χ0v) is 38.9. The second-order valence-corrected chi connectivity index (χ2v) is 15.5. The summed E-state index contributed by atoms with van der Waals surface area (Å²) in [7, 11) is 0. The van der Waals surface area contributed by atoms with Gasteiger partial charge in [-0.05, 0) is 83.5 Å². The van der Waals surface area contributed by atoms with E-state index in [2.05, 4.69) is 57.2 Å². The van der Waals surface area contributed by atoms with Crippen molar-refractivity contribution in [2.45, 2.75) is 194 Å². The van der Waals surface area contributed by atoms with Gasteiger partial charge in [0.2, 0.25) is 0 Å². The fourth-order valence-electron chi connectivity index (χ4n) is 6.05. The Bertz CT molecular complexity index is 1340. The van der Waals surface area contributed by atoms with E-state index >= 15 is 0 Å². The maximum absolute atomic E-state index is 12.8. The highest BCUT2D eigenvalue weighted by Gasteiger charge is 2.19. The van der Waals surface area contributed by atoms with Crippen LogP contribution in [0.1, 0.15) is 188 Å². The van der Waals surface area contributed by atoms with Crippen molar-refractivity contribution < 1.29 is 28.6 Å². The van der Waals surface area contributed by atoms with Crippen LogP contribution in [0.2, 0.25) is 0 Å². The van der Waals surface area contributed by atoms with Crippen molar-refractivity contribution in [2.75, 3.05) is 13.2 Å². The molecule has 0 radical (unpaired) electrons. The molecule has 342 valence electrons. The van der Waals surface area contributed by atoms with Crippen molar-refractivity contribution in [3.05, 3.63) is 122 Å². The average molecular weight is 843 g/mol. The van der Waals surface area contributed by atoms with Crippen LogP contribution in [0.3, 0.4) is 0 Å². The Labute approximate surface area is 373 Å². The van der Waals surface area contributed by atoms with Crippen LogP contribution in [-0.2, 0) is 28.6 Å². The molecule has 61 heavy (non-hydrogen) atoms. The second-order valence-electron chi connectivity index (χ2n) is 15.5. The van der Waals surface area contributed by atoms with Gasteiger partial charge in [0.25, 0.3) is 0 Å². The summed E-state index contributed by atoms with van der Waals surface area (Å²) in [4.78, 5) is 37.9. The Morgan fingerprint density at radius 3 is 1.07 bits per heavy atom. The molecule has 1 unspecified atom stereocenters. The van der Waals surface area contributed by atoms with E-state index in [0.29, 0.717) is 19.3 Å². The normalized spacial score (nSPS) is 13.2. The van der Waals surface area contributed by atoms with Crippen molar-refractivity contribution in [3.8, 4) is 0 Å². The Morgan fingerprint density at radius 2 is 0.656 bits per heavy atom. The van der Waals surface area contributed by atoms with Crippen molar-refractivity contribution in [3.63, 3.8) is 0 Å². The third-order valence-corrected chi connectivity index (χ3v) is 9.65. The molecule has 6 nitrogen and oxygen atoms in total. The van der Waals surface area contributed by atoms with Crippen LogP contribution in [0.15, 0.2) is 122 Å². The molecule has 0 amide bonds. The predicted molar refractivity (Wildman–Crippen MR) is 260 cm³/mol. The van der Waals surface area contributed by atoms with Crippen LogP contribution in [0.4, 0.5) is 0 Å². The van der Waals surface area contributed by atoms with Crippen LogP contribution in [-0.4, -0.2) is 37.2 Å². The van der Waals surface area contributed by atoms with E-state index in [4.69, 9.17) is 14.2 Å². The molecule has 1 atom stereocenters. The zero-order valence-electron chi connectivity index (χ0n) is 38.9. The van der Waals surface area contributed by atoms with Crippen LogP contribution >= 0.6 is 0 Å². The molecule has 0 saturated carbocycles. The van der Waals surface area contributed by atoms with Gasteiger partial charge in [-0.1, -0.05) is 206 Å². The lowest BCUT2D eigenvalue weighted by molar-refractivity contribution is -0.167. The fraction of sp³-hybridized carbons (Fsp3) is 0.582. The Morgan fingerprint density at radius 1 is 0.344 bits per heavy atom. The van der Waals surface area contributed by atoms with Crippen LogP contribution < -0.4 is 0 Å². The molecule has 0 aromatic heterocycles. The van der Waals surface area contributed by atoms with Crippen molar-refractivity contribution in [1.82, 2.24) is 0 Å². The van der Waals surface area contributed by atoms with Gasteiger partial charge in [-0.25, -0.2) is 0 Å². The summed E-state index contributed by atoms with van der Waals surface area (Å²) in [5, 5.41) is 0. The minimum absolute atomic E-state index is 0.118. The van der Waals surface area contributed by atoms with Crippen LogP contribution in [0.5, 0.6) is 0 Å². The number of carbonyl (C=O) groups excluding carboxylic acids is 3. The van der Waals surface area contributed by atoms with Gasteiger partial charge in [-0.2, -0.15) is 0 Å². The summed E-state index contributed by atoms with van der Waals surface area (Å²) in [6.07, 6.45) is 66.0. The molecule has 0 aliphatic carbocycles. The zero-order chi connectivity index (χ0) is 44.4. The van der Waals surface area contributed by atoms with E-state index in [1.807, 2.05) is 85.1 Å². The molecule has 0 N–H and O–H groups in total. The molecule has 0 spiro atoms. The molecule has 0 bridgehead atoms. The third-order valence-electron chi connectivity index (χ3n) is 9.65. The van der Waals surface area contributed by atoms with Crippen molar-refractivity contribution in [1.29, 1.82) is 0 Å². The SMILES string of the molecule is CC\C=C/C=C\C=C/C=C\C=C/CCCCCC(=O)OCC(COC(=O)CCCCC\C=C/C=C\C=C/C=C\CC)OC(=O)CCCCCCCCC/C=C\CCCCCC. The molecule has 0 aromatic carbocycles. The summed E-state index contributed by atoms with van der Waals surface area (Å²) < 4.78 is 16.7. The van der Waals surface area contributed by atoms with Gasteiger partial charge in [0.1, 0.15) is 13.2 Å². The van der Waals surface area contributed by atoms with Gasteiger partial charge in [0.05, 0.1) is 0 Å². The highest BCUT2D eigenvalue weighted by Crippen LogP contribution is 2.13. The molecule has 0 rings (SSSR count). The number of esters is 3. The second kappa shape index (κ2) is 48.5. The molecule has 0 aromatic rings. The van der Waals surface area contributed by atoms with E-state index in [-0.39, 0.29) is 31.1 Å². The number of ether oxygens (including phenoxy) is 3. The lowest BCUT2D eigenvalue weighted by Gasteiger charge is -2.18. The third kappa shape index (κ3) is 46.7. The molecule has 6 heteroatoms. The molecule has 0 aliphatic heterocycles. The minimum Gasteiger partial charge on any atom is -0.462 e.